The zero-order valence-electron chi connectivity index (χ0n) is 12.6. The quantitative estimate of drug-likeness (QED) is 0.685. The Kier molecular flexibility index (Phi) is 5.11. The number of H-pyrrole nitrogens is 1. The van der Waals surface area contributed by atoms with Gasteiger partial charge in [-0.05, 0) is 0 Å². The first-order chi connectivity index (χ1) is 10.4. The van der Waals surface area contributed by atoms with Crippen molar-refractivity contribution in [3.63, 3.8) is 0 Å². The second-order valence-corrected chi connectivity index (χ2v) is 5.11. The first-order valence-electron chi connectivity index (χ1n) is 6.82. The number of carbonyl (C=O) groups is 1. The molecule has 1 aromatic rings. The third kappa shape index (κ3) is 3.43. The number of rotatable bonds is 5. The molecule has 2 rings (SSSR count). The molecular formula is C13H19N3O6. The van der Waals surface area contributed by atoms with Crippen molar-refractivity contribution in [2.24, 2.45) is 5.92 Å². The number of aromatic nitrogens is 2. The number of ether oxygens (including phenoxy) is 2. The SMILES string of the molecule is CO[C@@H]1[C@H](C)[C@@H](CONC(C)=O)O[C@H]1n1ccc(=O)[nH]c1=O. The number of hydrogen-bond acceptors (Lipinski definition) is 6. The molecule has 0 saturated carbocycles. The van der Waals surface area contributed by atoms with Crippen LogP contribution >= 0.6 is 0 Å². The molecule has 0 aromatic carbocycles. The van der Waals surface area contributed by atoms with E-state index in [-0.39, 0.29) is 24.5 Å². The third-order valence-electron chi connectivity index (χ3n) is 3.56. The van der Waals surface area contributed by atoms with E-state index in [0.717, 1.165) is 0 Å². The van der Waals surface area contributed by atoms with Gasteiger partial charge in [0.1, 0.15) is 12.7 Å². The summed E-state index contributed by atoms with van der Waals surface area (Å²) in [6.07, 6.45) is -0.0906. The van der Waals surface area contributed by atoms with Crippen LogP contribution in [0.15, 0.2) is 21.9 Å². The Balaban J connectivity index is 2.16. The Morgan fingerprint density at radius 1 is 1.50 bits per heavy atom. The Morgan fingerprint density at radius 3 is 2.82 bits per heavy atom. The van der Waals surface area contributed by atoms with Crippen LogP contribution in [0.25, 0.3) is 0 Å². The molecule has 1 amide bonds. The molecule has 0 radical (unpaired) electrons. The first kappa shape index (κ1) is 16.4. The minimum Gasteiger partial charge on any atom is -0.376 e. The number of hydrogen-bond donors (Lipinski definition) is 2. The lowest BCUT2D eigenvalue weighted by Crippen LogP contribution is -2.36. The zero-order chi connectivity index (χ0) is 16.3. The van der Waals surface area contributed by atoms with Crippen LogP contribution in [0.1, 0.15) is 20.1 Å². The molecule has 0 unspecified atom stereocenters. The zero-order valence-corrected chi connectivity index (χ0v) is 12.6. The van der Waals surface area contributed by atoms with Crippen LogP contribution in [-0.2, 0) is 19.1 Å². The average molecular weight is 313 g/mol. The topological polar surface area (TPSA) is 112 Å². The van der Waals surface area contributed by atoms with E-state index in [9.17, 15) is 14.4 Å². The summed E-state index contributed by atoms with van der Waals surface area (Å²) in [5.41, 5.74) is 1.17. The van der Waals surface area contributed by atoms with Gasteiger partial charge in [0, 0.05) is 32.2 Å². The van der Waals surface area contributed by atoms with Crippen molar-refractivity contribution in [1.29, 1.82) is 0 Å². The molecule has 0 spiro atoms. The van der Waals surface area contributed by atoms with Gasteiger partial charge in [0.05, 0.1) is 6.10 Å². The predicted octanol–water partition coefficient (Wildman–Crippen LogP) is -0.847. The van der Waals surface area contributed by atoms with Gasteiger partial charge in [-0.15, -0.1) is 0 Å². The van der Waals surface area contributed by atoms with Gasteiger partial charge in [-0.3, -0.25) is 24.0 Å². The van der Waals surface area contributed by atoms with Gasteiger partial charge in [0.15, 0.2) is 6.23 Å². The second kappa shape index (κ2) is 6.86. The minimum absolute atomic E-state index is 0.0809. The van der Waals surface area contributed by atoms with Crippen LogP contribution in [0.2, 0.25) is 0 Å². The second-order valence-electron chi connectivity index (χ2n) is 5.11. The number of carbonyl (C=O) groups excluding carboxylic acids is 1. The standard InChI is InChI=1S/C13H19N3O6/c1-7-9(6-21-15-8(2)17)22-12(11(7)20-3)16-5-4-10(18)14-13(16)19/h4-5,7,9,11-12H,6H2,1-3H3,(H,15,17)(H,14,18,19)/t7-,9-,11-,12-/m1/s1. The molecule has 22 heavy (non-hydrogen) atoms. The maximum absolute atomic E-state index is 11.9. The van der Waals surface area contributed by atoms with Gasteiger partial charge in [0.25, 0.3) is 5.56 Å². The van der Waals surface area contributed by atoms with Crippen LogP contribution in [0, 0.1) is 5.92 Å². The lowest BCUT2D eigenvalue weighted by Gasteiger charge is -2.20. The van der Waals surface area contributed by atoms with Crippen molar-refractivity contribution < 1.29 is 19.1 Å². The highest BCUT2D eigenvalue weighted by atomic mass is 16.7. The Morgan fingerprint density at radius 2 is 2.23 bits per heavy atom. The molecule has 9 nitrogen and oxygen atoms in total. The van der Waals surface area contributed by atoms with E-state index in [0.29, 0.717) is 0 Å². The van der Waals surface area contributed by atoms with E-state index in [1.165, 1.54) is 30.9 Å². The van der Waals surface area contributed by atoms with Crippen LogP contribution in [0.5, 0.6) is 0 Å². The van der Waals surface area contributed by atoms with Gasteiger partial charge >= 0.3 is 5.69 Å². The Bertz CT molecular complexity index is 639. The number of amides is 1. The van der Waals surface area contributed by atoms with E-state index in [4.69, 9.17) is 14.3 Å². The van der Waals surface area contributed by atoms with E-state index >= 15 is 0 Å². The molecule has 4 atom stereocenters. The molecule has 1 aromatic heterocycles. The molecule has 1 aliphatic rings. The number of hydroxylamine groups is 1. The monoisotopic (exact) mass is 313 g/mol. The molecule has 1 aliphatic heterocycles. The number of aromatic amines is 1. The average Bonchev–Trinajstić information content (AvgIpc) is 2.75. The van der Waals surface area contributed by atoms with E-state index < -0.39 is 23.6 Å². The van der Waals surface area contributed by atoms with E-state index in [2.05, 4.69) is 10.5 Å². The third-order valence-corrected chi connectivity index (χ3v) is 3.56. The Hall–Kier alpha value is -1.97. The molecule has 9 heteroatoms. The summed E-state index contributed by atoms with van der Waals surface area (Å²) in [4.78, 5) is 41.1. The van der Waals surface area contributed by atoms with Crippen LogP contribution in [-0.4, -0.2) is 41.4 Å². The molecule has 1 fully saturated rings. The van der Waals surface area contributed by atoms with Gasteiger partial charge in [0.2, 0.25) is 5.91 Å². The maximum Gasteiger partial charge on any atom is 0.330 e. The van der Waals surface area contributed by atoms with Crippen LogP contribution < -0.4 is 16.7 Å². The molecule has 1 saturated heterocycles. The normalized spacial score (nSPS) is 27.8. The molecule has 2 N–H and O–H groups in total. The van der Waals surface area contributed by atoms with E-state index in [1.54, 1.807) is 0 Å². The predicted molar refractivity (Wildman–Crippen MR) is 75.0 cm³/mol. The van der Waals surface area contributed by atoms with Gasteiger partial charge in [-0.2, -0.15) is 0 Å². The summed E-state index contributed by atoms with van der Waals surface area (Å²) in [7, 11) is 1.52. The largest absolute Gasteiger partial charge is 0.376 e. The van der Waals surface area contributed by atoms with Crippen molar-refractivity contribution in [3.8, 4) is 0 Å². The van der Waals surface area contributed by atoms with Crippen molar-refractivity contribution in [1.82, 2.24) is 15.0 Å². The molecule has 0 bridgehead atoms. The summed E-state index contributed by atoms with van der Waals surface area (Å²) in [6, 6.07) is 1.24. The molecular weight excluding hydrogens is 294 g/mol. The van der Waals surface area contributed by atoms with Gasteiger partial charge < -0.3 is 9.47 Å². The van der Waals surface area contributed by atoms with E-state index in [1.807, 2.05) is 6.92 Å². The summed E-state index contributed by atoms with van der Waals surface area (Å²) in [6.45, 7) is 3.35. The summed E-state index contributed by atoms with van der Waals surface area (Å²) < 4.78 is 12.5. The molecule has 2 heterocycles. The lowest BCUT2D eigenvalue weighted by molar-refractivity contribution is -0.136. The fraction of sp³-hybridized carbons (Fsp3) is 0.615. The minimum atomic E-state index is -0.685. The van der Waals surface area contributed by atoms with Gasteiger partial charge in [-0.25, -0.2) is 10.3 Å². The van der Waals surface area contributed by atoms with Crippen molar-refractivity contribution in [3.05, 3.63) is 33.1 Å². The highest BCUT2D eigenvalue weighted by Gasteiger charge is 2.43. The smallest absolute Gasteiger partial charge is 0.330 e. The number of nitrogens with zero attached hydrogens (tertiary/aromatic N) is 1. The van der Waals surface area contributed by atoms with Crippen molar-refractivity contribution in [2.45, 2.75) is 32.3 Å². The van der Waals surface area contributed by atoms with Gasteiger partial charge in [-0.1, -0.05) is 6.92 Å². The Labute approximate surface area is 126 Å². The summed E-state index contributed by atoms with van der Waals surface area (Å²) in [5.74, 6) is -0.398. The number of nitrogens with one attached hydrogen (secondary N) is 2. The van der Waals surface area contributed by atoms with Crippen molar-refractivity contribution >= 4 is 5.91 Å². The van der Waals surface area contributed by atoms with Crippen molar-refractivity contribution in [2.75, 3.05) is 13.7 Å². The molecule has 122 valence electrons. The van der Waals surface area contributed by atoms with Crippen LogP contribution in [0.4, 0.5) is 0 Å². The maximum atomic E-state index is 11.9. The lowest BCUT2D eigenvalue weighted by atomic mass is 10.0. The number of methoxy groups -OCH3 is 1. The molecule has 0 aliphatic carbocycles. The van der Waals surface area contributed by atoms with Crippen LogP contribution in [0.3, 0.4) is 0 Å². The summed E-state index contributed by atoms with van der Waals surface area (Å²) in [5, 5.41) is 0. The fourth-order valence-corrected chi connectivity index (χ4v) is 2.45. The highest BCUT2D eigenvalue weighted by Crippen LogP contribution is 2.34. The summed E-state index contributed by atoms with van der Waals surface area (Å²) >= 11 is 0. The fourth-order valence-electron chi connectivity index (χ4n) is 2.45. The highest BCUT2D eigenvalue weighted by molar-refractivity contribution is 5.71. The first-order valence-corrected chi connectivity index (χ1v) is 6.82.